The van der Waals surface area contributed by atoms with Crippen molar-refractivity contribution in [3.63, 3.8) is 0 Å². The number of para-hydroxylation sites is 1. The van der Waals surface area contributed by atoms with Gasteiger partial charge in [-0.1, -0.05) is 48.5 Å². The lowest BCUT2D eigenvalue weighted by atomic mass is 10.0. The van der Waals surface area contributed by atoms with E-state index in [-0.39, 0.29) is 0 Å². The molecule has 108 valence electrons. The van der Waals surface area contributed by atoms with Crippen LogP contribution in [0.3, 0.4) is 0 Å². The van der Waals surface area contributed by atoms with Crippen molar-refractivity contribution in [2.75, 3.05) is 5.73 Å². The summed E-state index contributed by atoms with van der Waals surface area (Å²) in [6.07, 6.45) is 0. The summed E-state index contributed by atoms with van der Waals surface area (Å²) in [7, 11) is 0. The van der Waals surface area contributed by atoms with Crippen LogP contribution in [0.15, 0.2) is 60.7 Å². The first-order valence-electron chi connectivity index (χ1n) is 7.42. The molecule has 4 rings (SSSR count). The lowest BCUT2D eigenvalue weighted by Gasteiger charge is -2.10. The summed E-state index contributed by atoms with van der Waals surface area (Å²) in [6, 6.07) is 20.9. The number of nitrogen functional groups attached to an aromatic ring is 1. The highest BCUT2D eigenvalue weighted by molar-refractivity contribution is 5.88. The normalized spacial score (nSPS) is 11.3. The fourth-order valence-electron chi connectivity index (χ4n) is 3.09. The predicted molar refractivity (Wildman–Crippen MR) is 91.9 cm³/mol. The van der Waals surface area contributed by atoms with Crippen LogP contribution in [0.25, 0.3) is 21.8 Å². The van der Waals surface area contributed by atoms with E-state index >= 15 is 0 Å². The Labute approximate surface area is 129 Å². The van der Waals surface area contributed by atoms with E-state index in [9.17, 15) is 0 Å². The lowest BCUT2D eigenvalue weighted by Crippen LogP contribution is -2.02. The first-order valence-corrected chi connectivity index (χ1v) is 7.42. The summed E-state index contributed by atoms with van der Waals surface area (Å²) in [6.45, 7) is 2.83. The van der Waals surface area contributed by atoms with E-state index in [1.165, 1.54) is 16.3 Å². The first kappa shape index (κ1) is 12.9. The van der Waals surface area contributed by atoms with E-state index in [1.807, 2.05) is 19.1 Å². The molecule has 0 fully saturated rings. The molecular formula is C19H17N3. The van der Waals surface area contributed by atoms with Crippen molar-refractivity contribution in [2.45, 2.75) is 13.5 Å². The molecular weight excluding hydrogens is 270 g/mol. The average molecular weight is 287 g/mol. The Hall–Kier alpha value is -2.81. The standard InChI is InChI=1S/C19H17N3/c1-13-21-19-17(20)10-5-11-18(19)22(13)12-15-8-4-7-14-6-2-3-9-16(14)15/h2-11H,12,20H2,1H3. The maximum atomic E-state index is 6.05. The summed E-state index contributed by atoms with van der Waals surface area (Å²) in [5.74, 6) is 0.987. The van der Waals surface area contributed by atoms with Crippen molar-refractivity contribution in [3.05, 3.63) is 72.1 Å². The largest absolute Gasteiger partial charge is 0.397 e. The van der Waals surface area contributed by atoms with Crippen LogP contribution in [0.2, 0.25) is 0 Å². The third-order valence-electron chi connectivity index (χ3n) is 4.21. The fourth-order valence-corrected chi connectivity index (χ4v) is 3.09. The van der Waals surface area contributed by atoms with Gasteiger partial charge >= 0.3 is 0 Å². The van der Waals surface area contributed by atoms with Crippen molar-refractivity contribution in [2.24, 2.45) is 0 Å². The Bertz CT molecular complexity index is 977. The molecule has 0 saturated heterocycles. The number of anilines is 1. The second-order valence-electron chi connectivity index (χ2n) is 5.60. The van der Waals surface area contributed by atoms with Gasteiger partial charge in [0, 0.05) is 6.54 Å². The Balaban J connectivity index is 1.90. The number of imidazole rings is 1. The predicted octanol–water partition coefficient (Wildman–Crippen LogP) is 4.13. The van der Waals surface area contributed by atoms with E-state index in [0.29, 0.717) is 0 Å². The molecule has 1 heterocycles. The number of nitrogens with two attached hydrogens (primary N) is 1. The number of fused-ring (bicyclic) bond motifs is 2. The van der Waals surface area contributed by atoms with Crippen LogP contribution in [0.4, 0.5) is 5.69 Å². The monoisotopic (exact) mass is 287 g/mol. The zero-order valence-electron chi connectivity index (χ0n) is 12.5. The highest BCUT2D eigenvalue weighted by atomic mass is 15.1. The lowest BCUT2D eigenvalue weighted by molar-refractivity contribution is 0.791. The molecule has 0 radical (unpaired) electrons. The topological polar surface area (TPSA) is 43.8 Å². The van der Waals surface area contributed by atoms with Gasteiger partial charge in [-0.15, -0.1) is 0 Å². The summed E-state index contributed by atoms with van der Waals surface area (Å²) in [5.41, 5.74) is 10.1. The third kappa shape index (κ3) is 1.94. The van der Waals surface area contributed by atoms with Crippen molar-refractivity contribution < 1.29 is 0 Å². The number of hydrogen-bond donors (Lipinski definition) is 1. The van der Waals surface area contributed by atoms with Gasteiger partial charge in [0.05, 0.1) is 11.2 Å². The number of hydrogen-bond acceptors (Lipinski definition) is 2. The molecule has 0 spiro atoms. The van der Waals surface area contributed by atoms with Gasteiger partial charge in [0.25, 0.3) is 0 Å². The van der Waals surface area contributed by atoms with E-state index in [2.05, 4.69) is 58.1 Å². The summed E-state index contributed by atoms with van der Waals surface area (Å²) < 4.78 is 2.23. The van der Waals surface area contributed by atoms with Crippen molar-refractivity contribution >= 4 is 27.5 Å². The highest BCUT2D eigenvalue weighted by Crippen LogP contribution is 2.25. The SMILES string of the molecule is Cc1nc2c(N)cccc2n1Cc1cccc2ccccc12. The molecule has 1 aromatic heterocycles. The molecule has 0 aliphatic carbocycles. The number of aromatic nitrogens is 2. The van der Waals surface area contributed by atoms with Crippen molar-refractivity contribution in [1.29, 1.82) is 0 Å². The number of aryl methyl sites for hydroxylation is 1. The van der Waals surface area contributed by atoms with E-state index in [1.54, 1.807) is 0 Å². The molecule has 0 atom stereocenters. The Morgan fingerprint density at radius 1 is 0.955 bits per heavy atom. The Morgan fingerprint density at radius 2 is 1.73 bits per heavy atom. The van der Waals surface area contributed by atoms with Gasteiger partial charge in [-0.05, 0) is 35.4 Å². The molecule has 0 aliphatic heterocycles. The molecule has 4 aromatic rings. The molecule has 3 heteroatoms. The molecule has 0 unspecified atom stereocenters. The van der Waals surface area contributed by atoms with Crippen LogP contribution < -0.4 is 5.73 Å². The molecule has 0 bridgehead atoms. The van der Waals surface area contributed by atoms with Crippen LogP contribution in [-0.2, 0) is 6.54 Å². The number of nitrogens with zero attached hydrogens (tertiary/aromatic N) is 2. The van der Waals surface area contributed by atoms with Gasteiger partial charge in [-0.2, -0.15) is 0 Å². The van der Waals surface area contributed by atoms with Gasteiger partial charge in [0.15, 0.2) is 0 Å². The van der Waals surface area contributed by atoms with Crippen LogP contribution in [0.5, 0.6) is 0 Å². The minimum absolute atomic E-state index is 0.734. The van der Waals surface area contributed by atoms with E-state index in [4.69, 9.17) is 5.73 Å². The smallest absolute Gasteiger partial charge is 0.112 e. The first-order chi connectivity index (χ1) is 10.7. The van der Waals surface area contributed by atoms with Crippen LogP contribution in [-0.4, -0.2) is 9.55 Å². The molecule has 22 heavy (non-hydrogen) atoms. The number of rotatable bonds is 2. The van der Waals surface area contributed by atoms with Crippen molar-refractivity contribution in [3.8, 4) is 0 Å². The van der Waals surface area contributed by atoms with Gasteiger partial charge < -0.3 is 10.3 Å². The average Bonchev–Trinajstić information content (AvgIpc) is 2.86. The van der Waals surface area contributed by atoms with Gasteiger partial charge in [0.1, 0.15) is 11.3 Å². The third-order valence-corrected chi connectivity index (χ3v) is 4.21. The Kier molecular flexibility index (Phi) is 2.86. The Morgan fingerprint density at radius 3 is 2.64 bits per heavy atom. The van der Waals surface area contributed by atoms with Crippen LogP contribution >= 0.6 is 0 Å². The fraction of sp³-hybridized carbons (Fsp3) is 0.105. The molecule has 3 nitrogen and oxygen atoms in total. The van der Waals surface area contributed by atoms with Gasteiger partial charge in [-0.25, -0.2) is 4.98 Å². The van der Waals surface area contributed by atoms with E-state index in [0.717, 1.165) is 29.1 Å². The zero-order valence-corrected chi connectivity index (χ0v) is 12.5. The quantitative estimate of drug-likeness (QED) is 0.563. The molecule has 0 amide bonds. The van der Waals surface area contributed by atoms with Gasteiger partial charge in [0.2, 0.25) is 0 Å². The summed E-state index contributed by atoms with van der Waals surface area (Å²) >= 11 is 0. The minimum atomic E-state index is 0.734. The highest BCUT2D eigenvalue weighted by Gasteiger charge is 2.10. The maximum Gasteiger partial charge on any atom is 0.112 e. The molecule has 0 aliphatic rings. The van der Waals surface area contributed by atoms with Crippen molar-refractivity contribution in [1.82, 2.24) is 9.55 Å². The van der Waals surface area contributed by atoms with Crippen LogP contribution in [0, 0.1) is 6.92 Å². The van der Waals surface area contributed by atoms with Gasteiger partial charge in [-0.3, -0.25) is 0 Å². The maximum absolute atomic E-state index is 6.05. The summed E-state index contributed by atoms with van der Waals surface area (Å²) in [4.78, 5) is 4.63. The zero-order chi connectivity index (χ0) is 15.1. The molecule has 2 N–H and O–H groups in total. The van der Waals surface area contributed by atoms with E-state index < -0.39 is 0 Å². The molecule has 0 saturated carbocycles. The molecule has 3 aromatic carbocycles. The second kappa shape index (κ2) is 4.88. The van der Waals surface area contributed by atoms with Crippen LogP contribution in [0.1, 0.15) is 11.4 Å². The second-order valence-corrected chi connectivity index (χ2v) is 5.60. The summed E-state index contributed by atoms with van der Waals surface area (Å²) in [5, 5.41) is 2.55. The minimum Gasteiger partial charge on any atom is -0.397 e. The number of benzene rings is 3.